The van der Waals surface area contributed by atoms with Crippen molar-refractivity contribution in [1.82, 2.24) is 9.62 Å². The van der Waals surface area contributed by atoms with Gasteiger partial charge < -0.3 is 15.1 Å². The molecule has 158 valence electrons. The first kappa shape index (κ1) is 23.4. The number of halogens is 2. The van der Waals surface area contributed by atoms with E-state index in [2.05, 4.69) is 4.72 Å². The highest BCUT2D eigenvalue weighted by Gasteiger charge is 2.34. The van der Waals surface area contributed by atoms with Crippen LogP contribution in [0.25, 0.3) is 0 Å². The first-order valence-corrected chi connectivity index (χ1v) is 11.1. The molecule has 0 aromatic heterocycles. The second kappa shape index (κ2) is 9.30. The number of aliphatic hydroxyl groups is 1. The van der Waals surface area contributed by atoms with E-state index in [4.69, 9.17) is 23.2 Å². The van der Waals surface area contributed by atoms with Crippen LogP contribution < -0.4 is 4.72 Å². The van der Waals surface area contributed by atoms with Crippen molar-refractivity contribution in [3.05, 3.63) is 27.7 Å². The molecule has 3 atom stereocenters. The summed E-state index contributed by atoms with van der Waals surface area (Å²) >= 11 is 12.2. The summed E-state index contributed by atoms with van der Waals surface area (Å²) in [4.78, 5) is 13.7. The predicted molar refractivity (Wildman–Crippen MR) is 113 cm³/mol. The summed E-state index contributed by atoms with van der Waals surface area (Å²) in [7, 11) is -1.37. The molecule has 0 unspecified atom stereocenters. The van der Waals surface area contributed by atoms with Crippen molar-refractivity contribution in [3.63, 3.8) is 0 Å². The van der Waals surface area contributed by atoms with E-state index < -0.39 is 27.9 Å². The van der Waals surface area contributed by atoms with Gasteiger partial charge in [-0.2, -0.15) is 0 Å². The molecule has 0 radical (unpaired) electrons. The van der Waals surface area contributed by atoms with Crippen molar-refractivity contribution >= 4 is 40.1 Å². The highest BCUT2D eigenvalue weighted by molar-refractivity contribution is 7.84. The number of benzene rings is 1. The average Bonchev–Trinajstić information content (AvgIpc) is 2.61. The van der Waals surface area contributed by atoms with Gasteiger partial charge in [0.05, 0.1) is 31.8 Å². The van der Waals surface area contributed by atoms with Crippen molar-refractivity contribution in [3.8, 4) is 5.75 Å². The fraction of sp³-hybridized carbons (Fsp3) is 0.632. The van der Waals surface area contributed by atoms with Crippen LogP contribution in [0.5, 0.6) is 5.75 Å². The van der Waals surface area contributed by atoms with E-state index in [1.165, 1.54) is 13.0 Å². The number of phenols is 1. The Morgan fingerprint density at radius 2 is 1.79 bits per heavy atom. The maximum atomic E-state index is 12.8. The predicted octanol–water partition coefficient (Wildman–Crippen LogP) is 3.41. The molecule has 0 bridgehead atoms. The van der Waals surface area contributed by atoms with Gasteiger partial charge in [-0.15, -0.1) is 0 Å². The number of nitrogens with one attached hydrogen (secondary N) is 1. The number of carbonyl (C=O) groups is 1. The SMILES string of the molecule is C[C@@H](O)C(=O)N1CCC([C@@H](N[S@@](=O)C(C)(C)C)c2cc(Cl)c(Cl)cc2O)CC1. The summed E-state index contributed by atoms with van der Waals surface area (Å²) in [5, 5.41) is 20.5. The van der Waals surface area contributed by atoms with Crippen molar-refractivity contribution in [2.24, 2.45) is 5.92 Å². The number of carbonyl (C=O) groups excluding carboxylic acids is 1. The van der Waals surface area contributed by atoms with Gasteiger partial charge in [0.2, 0.25) is 0 Å². The maximum Gasteiger partial charge on any atom is 0.251 e. The molecule has 1 aromatic rings. The van der Waals surface area contributed by atoms with Gasteiger partial charge in [0.1, 0.15) is 11.9 Å². The van der Waals surface area contributed by atoms with Gasteiger partial charge in [-0.05, 0) is 52.5 Å². The average molecular weight is 451 g/mol. The smallest absolute Gasteiger partial charge is 0.251 e. The second-order valence-corrected chi connectivity index (χ2v) is 11.0. The minimum absolute atomic E-state index is 0.0136. The fourth-order valence-corrected chi connectivity index (χ4v) is 4.46. The number of hydrogen-bond donors (Lipinski definition) is 3. The zero-order chi connectivity index (χ0) is 21.2. The van der Waals surface area contributed by atoms with E-state index in [0.717, 1.165) is 0 Å². The molecular formula is C19H28Cl2N2O4S. The highest BCUT2D eigenvalue weighted by Crippen LogP contribution is 2.39. The lowest BCUT2D eigenvalue weighted by Crippen LogP contribution is -2.46. The minimum atomic E-state index is -1.37. The molecule has 1 aromatic carbocycles. The molecule has 1 fully saturated rings. The third-order valence-corrected chi connectivity index (χ3v) is 7.18. The number of nitrogens with zero attached hydrogens (tertiary/aromatic N) is 1. The second-order valence-electron chi connectivity index (χ2n) is 8.14. The molecule has 0 saturated carbocycles. The molecule has 3 N–H and O–H groups in total. The Bertz CT molecular complexity index is 744. The first-order chi connectivity index (χ1) is 12.9. The van der Waals surface area contributed by atoms with Crippen molar-refractivity contribution in [2.75, 3.05) is 13.1 Å². The molecule has 9 heteroatoms. The van der Waals surface area contributed by atoms with Gasteiger partial charge in [0.15, 0.2) is 0 Å². The molecule has 1 amide bonds. The van der Waals surface area contributed by atoms with Crippen LogP contribution in [0.3, 0.4) is 0 Å². The lowest BCUT2D eigenvalue weighted by Gasteiger charge is -2.38. The Morgan fingerprint density at radius 3 is 2.29 bits per heavy atom. The molecule has 28 heavy (non-hydrogen) atoms. The van der Waals surface area contributed by atoms with Crippen LogP contribution in [-0.4, -0.2) is 49.2 Å². The molecule has 0 spiro atoms. The lowest BCUT2D eigenvalue weighted by molar-refractivity contribution is -0.140. The number of likely N-dealkylation sites (tertiary alicyclic amines) is 1. The quantitative estimate of drug-likeness (QED) is 0.640. The number of phenolic OH excluding ortho intramolecular Hbond substituents is 1. The summed E-state index contributed by atoms with van der Waals surface area (Å²) in [6.45, 7) is 8.02. The van der Waals surface area contributed by atoms with Crippen LogP contribution in [-0.2, 0) is 15.8 Å². The van der Waals surface area contributed by atoms with Crippen molar-refractivity contribution in [2.45, 2.75) is 57.4 Å². The van der Waals surface area contributed by atoms with Crippen LogP contribution in [0.4, 0.5) is 0 Å². The van der Waals surface area contributed by atoms with Crippen molar-refractivity contribution < 1.29 is 19.2 Å². The maximum absolute atomic E-state index is 12.8. The molecule has 1 saturated heterocycles. The van der Waals surface area contributed by atoms with Crippen LogP contribution in [0.1, 0.15) is 52.1 Å². The summed E-state index contributed by atoms with van der Waals surface area (Å²) in [5.74, 6) is -0.286. The largest absolute Gasteiger partial charge is 0.508 e. The Morgan fingerprint density at radius 1 is 1.25 bits per heavy atom. The number of rotatable bonds is 5. The van der Waals surface area contributed by atoms with E-state index in [-0.39, 0.29) is 22.6 Å². The van der Waals surface area contributed by atoms with Crippen LogP contribution in [0.2, 0.25) is 10.0 Å². The number of aliphatic hydroxyl groups excluding tert-OH is 1. The number of piperidine rings is 1. The van der Waals surface area contributed by atoms with Gasteiger partial charge >= 0.3 is 0 Å². The van der Waals surface area contributed by atoms with E-state index >= 15 is 0 Å². The van der Waals surface area contributed by atoms with Gasteiger partial charge in [-0.3, -0.25) is 4.79 Å². The first-order valence-electron chi connectivity index (χ1n) is 9.24. The standard InChI is InChI=1S/C19H28Cl2N2O4S/c1-11(24)18(26)23-7-5-12(6-8-23)17(22-28(27)19(2,3)4)13-9-14(20)15(21)10-16(13)25/h9-12,17,22,24-25H,5-8H2,1-4H3/t11-,17-,28+/m1/s1. The molecule has 6 nitrogen and oxygen atoms in total. The van der Waals surface area contributed by atoms with E-state index in [9.17, 15) is 19.2 Å². The number of aromatic hydroxyl groups is 1. The Hall–Kier alpha value is -0.860. The monoisotopic (exact) mass is 450 g/mol. The van der Waals surface area contributed by atoms with Gasteiger partial charge in [0, 0.05) is 24.7 Å². The topological polar surface area (TPSA) is 89.9 Å². The van der Waals surface area contributed by atoms with E-state index in [1.807, 2.05) is 20.8 Å². The van der Waals surface area contributed by atoms with Crippen LogP contribution in [0.15, 0.2) is 12.1 Å². The highest BCUT2D eigenvalue weighted by atomic mass is 35.5. The number of amides is 1. The number of hydrogen-bond acceptors (Lipinski definition) is 4. The molecular weight excluding hydrogens is 423 g/mol. The molecule has 1 aliphatic heterocycles. The minimum Gasteiger partial charge on any atom is -0.508 e. The van der Waals surface area contributed by atoms with Crippen LogP contribution >= 0.6 is 23.2 Å². The molecule has 2 rings (SSSR count). The van der Waals surface area contributed by atoms with Gasteiger partial charge in [0.25, 0.3) is 5.91 Å². The lowest BCUT2D eigenvalue weighted by atomic mass is 9.85. The third-order valence-electron chi connectivity index (χ3n) is 4.87. The third kappa shape index (κ3) is 5.60. The Kier molecular flexibility index (Phi) is 7.78. The van der Waals surface area contributed by atoms with Gasteiger partial charge in [-0.1, -0.05) is 23.2 Å². The van der Waals surface area contributed by atoms with Crippen molar-refractivity contribution in [1.29, 1.82) is 0 Å². The summed E-state index contributed by atoms with van der Waals surface area (Å²) < 4.78 is 15.4. The zero-order valence-corrected chi connectivity index (χ0v) is 18.9. The Balaban J connectivity index is 2.29. The zero-order valence-electron chi connectivity index (χ0n) is 16.5. The normalized spacial score (nSPS) is 19.3. The van der Waals surface area contributed by atoms with E-state index in [0.29, 0.717) is 36.5 Å². The molecule has 1 aliphatic rings. The molecule has 0 aliphatic carbocycles. The van der Waals surface area contributed by atoms with E-state index in [1.54, 1.807) is 11.0 Å². The van der Waals surface area contributed by atoms with Gasteiger partial charge in [-0.25, -0.2) is 8.93 Å². The molecule has 1 heterocycles. The summed E-state index contributed by atoms with van der Waals surface area (Å²) in [6, 6.07) is 2.57. The van der Waals surface area contributed by atoms with Crippen LogP contribution in [0, 0.1) is 5.92 Å². The fourth-order valence-electron chi connectivity index (χ4n) is 3.22. The summed E-state index contributed by atoms with van der Waals surface area (Å²) in [5.41, 5.74) is 0.535. The Labute approximate surface area is 178 Å². The summed E-state index contributed by atoms with van der Waals surface area (Å²) in [6.07, 6.45) is 0.242.